The van der Waals surface area contributed by atoms with Crippen LogP contribution < -0.4 is 10.5 Å². The van der Waals surface area contributed by atoms with Crippen molar-refractivity contribution >= 4 is 18.1 Å². The lowest BCUT2D eigenvalue weighted by atomic mass is 10.3. The van der Waals surface area contributed by atoms with Gasteiger partial charge in [0, 0.05) is 6.07 Å². The summed E-state index contributed by atoms with van der Waals surface area (Å²) >= 11 is 0. The first-order valence-corrected chi connectivity index (χ1v) is 3.01. The molecule has 0 bridgehead atoms. The van der Waals surface area contributed by atoms with Gasteiger partial charge in [0.15, 0.2) is 0 Å². The molecule has 0 fully saturated rings. The summed E-state index contributed by atoms with van der Waals surface area (Å²) in [5.74, 6) is 0.603. The molecule has 0 aliphatic heterocycles. The Hall–Kier alpha value is -0.960. The Morgan fingerprint density at radius 1 is 1.45 bits per heavy atom. The van der Waals surface area contributed by atoms with Crippen molar-refractivity contribution in [1.82, 2.24) is 4.98 Å². The number of nitrogens with zero attached hydrogens (tertiary/aromatic N) is 1. The minimum Gasteiger partial charge on any atom is -0.481 e. The van der Waals surface area contributed by atoms with E-state index in [1.54, 1.807) is 19.2 Å². The Balaban J connectivity index is 0.000001000. The van der Waals surface area contributed by atoms with Gasteiger partial charge in [-0.1, -0.05) is 0 Å². The van der Waals surface area contributed by atoms with Crippen molar-refractivity contribution in [3.05, 3.63) is 17.8 Å². The molecule has 3 nitrogen and oxygen atoms in total. The molecule has 0 atom stereocenters. The van der Waals surface area contributed by atoms with E-state index in [-0.39, 0.29) is 12.4 Å². The Morgan fingerprint density at radius 2 is 2.09 bits per heavy atom. The Bertz CT molecular complexity index is 240. The fraction of sp³-hybridized carbons (Fsp3) is 0.286. The smallest absolute Gasteiger partial charge is 0.213 e. The minimum atomic E-state index is 0. The van der Waals surface area contributed by atoms with Crippen molar-refractivity contribution in [2.75, 3.05) is 12.8 Å². The molecule has 0 amide bonds. The van der Waals surface area contributed by atoms with E-state index in [0.717, 1.165) is 5.69 Å². The van der Waals surface area contributed by atoms with Gasteiger partial charge in [0.2, 0.25) is 5.88 Å². The van der Waals surface area contributed by atoms with Gasteiger partial charge in [-0.15, -0.1) is 12.4 Å². The topological polar surface area (TPSA) is 48.1 Å². The standard InChI is InChI=1S/C7H10N2O.ClH/c1-5-6(8)3-4-7(9-5)10-2;/h3-4H,8H2,1-2H3;1H. The predicted octanol–water partition coefficient (Wildman–Crippen LogP) is 1.40. The highest BCUT2D eigenvalue weighted by molar-refractivity contribution is 5.85. The monoisotopic (exact) mass is 174 g/mol. The summed E-state index contributed by atoms with van der Waals surface area (Å²) in [6.07, 6.45) is 0. The lowest BCUT2D eigenvalue weighted by molar-refractivity contribution is 0.397. The fourth-order valence-corrected chi connectivity index (χ4v) is 0.662. The zero-order valence-electron chi connectivity index (χ0n) is 6.50. The summed E-state index contributed by atoms with van der Waals surface area (Å²) in [4.78, 5) is 4.04. The summed E-state index contributed by atoms with van der Waals surface area (Å²) in [5, 5.41) is 0. The summed E-state index contributed by atoms with van der Waals surface area (Å²) < 4.78 is 4.88. The van der Waals surface area contributed by atoms with Crippen LogP contribution in [0.3, 0.4) is 0 Å². The number of hydrogen-bond acceptors (Lipinski definition) is 3. The van der Waals surface area contributed by atoms with Crippen LogP contribution in [-0.2, 0) is 0 Å². The van der Waals surface area contributed by atoms with Gasteiger partial charge in [0.25, 0.3) is 0 Å². The van der Waals surface area contributed by atoms with Crippen LogP contribution in [0.2, 0.25) is 0 Å². The molecule has 1 aromatic heterocycles. The van der Waals surface area contributed by atoms with E-state index in [2.05, 4.69) is 4.98 Å². The van der Waals surface area contributed by atoms with Crippen LogP contribution >= 0.6 is 12.4 Å². The second-order valence-corrected chi connectivity index (χ2v) is 2.03. The highest BCUT2D eigenvalue weighted by Gasteiger charge is 1.95. The number of nitrogen functional groups attached to an aromatic ring is 1. The van der Waals surface area contributed by atoms with Crippen LogP contribution in [0, 0.1) is 6.92 Å². The average Bonchev–Trinajstić information content (AvgIpc) is 1.95. The first-order chi connectivity index (χ1) is 4.74. The number of aryl methyl sites for hydroxylation is 1. The number of methoxy groups -OCH3 is 1. The Labute approximate surface area is 72.0 Å². The number of hydrogen-bond donors (Lipinski definition) is 1. The van der Waals surface area contributed by atoms with Crippen molar-refractivity contribution in [3.63, 3.8) is 0 Å². The van der Waals surface area contributed by atoms with E-state index in [0.29, 0.717) is 11.6 Å². The SMILES string of the molecule is COc1ccc(N)c(C)n1.Cl. The molecule has 0 saturated heterocycles. The van der Waals surface area contributed by atoms with Crippen molar-refractivity contribution < 1.29 is 4.74 Å². The lowest BCUT2D eigenvalue weighted by Crippen LogP contribution is -1.94. The van der Waals surface area contributed by atoms with E-state index in [1.807, 2.05) is 6.92 Å². The molecule has 62 valence electrons. The van der Waals surface area contributed by atoms with Crippen LogP contribution in [0.1, 0.15) is 5.69 Å². The molecule has 1 rings (SSSR count). The van der Waals surface area contributed by atoms with Crippen LogP contribution in [-0.4, -0.2) is 12.1 Å². The maximum absolute atomic E-state index is 5.53. The Kier molecular flexibility index (Phi) is 3.68. The number of halogens is 1. The molecule has 4 heteroatoms. The zero-order chi connectivity index (χ0) is 7.56. The van der Waals surface area contributed by atoms with Gasteiger partial charge >= 0.3 is 0 Å². The lowest BCUT2D eigenvalue weighted by Gasteiger charge is -2.00. The van der Waals surface area contributed by atoms with Gasteiger partial charge in [0.1, 0.15) is 0 Å². The van der Waals surface area contributed by atoms with Crippen LogP contribution in [0.4, 0.5) is 5.69 Å². The predicted molar refractivity (Wildman–Crippen MR) is 47.2 cm³/mol. The third-order valence-corrected chi connectivity index (χ3v) is 1.31. The third-order valence-electron chi connectivity index (χ3n) is 1.31. The van der Waals surface area contributed by atoms with Crippen LogP contribution in [0.25, 0.3) is 0 Å². The van der Waals surface area contributed by atoms with E-state index < -0.39 is 0 Å². The number of rotatable bonds is 1. The first-order valence-electron chi connectivity index (χ1n) is 3.01. The molecule has 0 aromatic carbocycles. The van der Waals surface area contributed by atoms with Gasteiger partial charge in [-0.05, 0) is 13.0 Å². The van der Waals surface area contributed by atoms with Crippen molar-refractivity contribution in [2.24, 2.45) is 0 Å². The first kappa shape index (κ1) is 10.0. The largest absolute Gasteiger partial charge is 0.481 e. The molecule has 2 N–H and O–H groups in total. The molecule has 0 spiro atoms. The maximum atomic E-state index is 5.53. The molecule has 0 aliphatic carbocycles. The van der Waals surface area contributed by atoms with Gasteiger partial charge in [-0.2, -0.15) is 0 Å². The number of nitrogens with two attached hydrogens (primary N) is 1. The van der Waals surface area contributed by atoms with Gasteiger partial charge in [-0.25, -0.2) is 4.98 Å². The van der Waals surface area contributed by atoms with Gasteiger partial charge in [-0.3, -0.25) is 0 Å². The van der Waals surface area contributed by atoms with Gasteiger partial charge < -0.3 is 10.5 Å². The second-order valence-electron chi connectivity index (χ2n) is 2.03. The fourth-order valence-electron chi connectivity index (χ4n) is 0.662. The highest BCUT2D eigenvalue weighted by atomic mass is 35.5. The van der Waals surface area contributed by atoms with E-state index >= 15 is 0 Å². The van der Waals surface area contributed by atoms with E-state index in [4.69, 9.17) is 10.5 Å². The van der Waals surface area contributed by atoms with Crippen LogP contribution in [0.15, 0.2) is 12.1 Å². The summed E-state index contributed by atoms with van der Waals surface area (Å²) in [5.41, 5.74) is 7.03. The molecular formula is C7H11ClN2O. The number of pyridine rings is 1. The normalized spacial score (nSPS) is 8.55. The van der Waals surface area contributed by atoms with Gasteiger partial charge in [0.05, 0.1) is 18.5 Å². The third kappa shape index (κ3) is 2.27. The maximum Gasteiger partial charge on any atom is 0.213 e. The molecule has 1 heterocycles. The number of ether oxygens (including phenoxy) is 1. The molecule has 0 unspecified atom stereocenters. The second kappa shape index (κ2) is 4.03. The molecule has 0 saturated carbocycles. The molecule has 1 aromatic rings. The van der Waals surface area contributed by atoms with Crippen molar-refractivity contribution in [2.45, 2.75) is 6.92 Å². The van der Waals surface area contributed by atoms with Crippen molar-refractivity contribution in [3.8, 4) is 5.88 Å². The molecular weight excluding hydrogens is 164 g/mol. The average molecular weight is 175 g/mol. The summed E-state index contributed by atoms with van der Waals surface area (Å²) in [6, 6.07) is 3.52. The highest BCUT2D eigenvalue weighted by Crippen LogP contribution is 2.12. The number of aromatic nitrogens is 1. The van der Waals surface area contributed by atoms with E-state index in [1.165, 1.54) is 0 Å². The number of anilines is 1. The van der Waals surface area contributed by atoms with E-state index in [9.17, 15) is 0 Å². The van der Waals surface area contributed by atoms with Crippen molar-refractivity contribution in [1.29, 1.82) is 0 Å². The quantitative estimate of drug-likeness (QED) is 0.700. The minimum absolute atomic E-state index is 0. The molecule has 0 aliphatic rings. The zero-order valence-corrected chi connectivity index (χ0v) is 7.31. The summed E-state index contributed by atoms with van der Waals surface area (Å²) in [7, 11) is 1.58. The molecule has 0 radical (unpaired) electrons. The van der Waals surface area contributed by atoms with Crippen LogP contribution in [0.5, 0.6) is 5.88 Å². The Morgan fingerprint density at radius 3 is 2.55 bits per heavy atom. The molecule has 11 heavy (non-hydrogen) atoms. The summed E-state index contributed by atoms with van der Waals surface area (Å²) in [6.45, 7) is 1.85.